The monoisotopic (exact) mass is 223 g/mol. The molecule has 2 aliphatic rings. The van der Waals surface area contributed by atoms with Crippen molar-refractivity contribution in [2.24, 2.45) is 11.7 Å². The maximum atomic E-state index is 5.86. The van der Waals surface area contributed by atoms with Gasteiger partial charge in [0.25, 0.3) is 0 Å². The summed E-state index contributed by atoms with van der Waals surface area (Å²) in [6.45, 7) is 2.02. The van der Waals surface area contributed by atoms with E-state index in [9.17, 15) is 0 Å². The lowest BCUT2D eigenvalue weighted by atomic mass is 10.0. The third-order valence-corrected chi connectivity index (χ3v) is 4.43. The minimum atomic E-state index is 0.516. The zero-order chi connectivity index (χ0) is 10.3. The third kappa shape index (κ3) is 1.71. The Kier molecular flexibility index (Phi) is 2.50. The van der Waals surface area contributed by atoms with Crippen LogP contribution in [-0.2, 0) is 0 Å². The summed E-state index contributed by atoms with van der Waals surface area (Å²) < 4.78 is 0. The number of thiazole rings is 1. The van der Waals surface area contributed by atoms with E-state index in [1.54, 1.807) is 11.3 Å². The Balaban J connectivity index is 1.85. The molecule has 1 aromatic heterocycles. The molecule has 0 radical (unpaired) electrons. The second-order valence-electron chi connectivity index (χ2n) is 4.57. The van der Waals surface area contributed by atoms with Gasteiger partial charge in [0.15, 0.2) is 0 Å². The van der Waals surface area contributed by atoms with E-state index >= 15 is 0 Å². The summed E-state index contributed by atoms with van der Waals surface area (Å²) in [4.78, 5) is 7.11. The van der Waals surface area contributed by atoms with Crippen molar-refractivity contribution in [2.45, 2.75) is 31.3 Å². The molecule has 0 aromatic carbocycles. The minimum Gasteiger partial charge on any atom is -0.330 e. The van der Waals surface area contributed by atoms with Gasteiger partial charge in [-0.3, -0.25) is 4.90 Å². The molecule has 3 rings (SSSR count). The fraction of sp³-hybridized carbons (Fsp3) is 0.727. The Labute approximate surface area is 94.3 Å². The van der Waals surface area contributed by atoms with Crippen molar-refractivity contribution >= 4 is 11.3 Å². The van der Waals surface area contributed by atoms with Crippen LogP contribution < -0.4 is 5.73 Å². The van der Waals surface area contributed by atoms with Crippen LogP contribution in [0.15, 0.2) is 11.6 Å². The maximum Gasteiger partial charge on any atom is 0.110 e. The van der Waals surface area contributed by atoms with E-state index in [4.69, 9.17) is 5.73 Å². The van der Waals surface area contributed by atoms with Crippen LogP contribution in [0.2, 0.25) is 0 Å². The van der Waals surface area contributed by atoms with E-state index in [-0.39, 0.29) is 0 Å². The first-order valence-electron chi connectivity index (χ1n) is 5.75. The number of hydrogen-bond acceptors (Lipinski definition) is 4. The van der Waals surface area contributed by atoms with Crippen molar-refractivity contribution < 1.29 is 0 Å². The lowest BCUT2D eigenvalue weighted by Crippen LogP contribution is -2.29. The lowest BCUT2D eigenvalue weighted by Gasteiger charge is -2.25. The van der Waals surface area contributed by atoms with Gasteiger partial charge < -0.3 is 5.73 Å². The lowest BCUT2D eigenvalue weighted by molar-refractivity contribution is 0.220. The highest BCUT2D eigenvalue weighted by atomic mass is 32.1. The molecular weight excluding hydrogens is 206 g/mol. The highest BCUT2D eigenvalue weighted by Gasteiger charge is 2.43. The summed E-state index contributed by atoms with van der Waals surface area (Å²) in [5, 5.41) is 3.35. The first-order valence-corrected chi connectivity index (χ1v) is 6.63. The van der Waals surface area contributed by atoms with Crippen molar-refractivity contribution in [1.82, 2.24) is 9.88 Å². The van der Waals surface area contributed by atoms with Gasteiger partial charge in [0, 0.05) is 17.6 Å². The predicted octanol–water partition coefficient (Wildman–Crippen LogP) is 1.63. The molecule has 1 aliphatic heterocycles. The fourth-order valence-corrected chi connectivity index (χ4v) is 3.52. The molecule has 1 saturated heterocycles. The van der Waals surface area contributed by atoms with Crippen molar-refractivity contribution in [2.75, 3.05) is 13.1 Å². The van der Waals surface area contributed by atoms with Crippen LogP contribution in [0.25, 0.3) is 0 Å². The van der Waals surface area contributed by atoms with Crippen LogP contribution in [-0.4, -0.2) is 29.0 Å². The molecule has 0 amide bonds. The summed E-state index contributed by atoms with van der Waals surface area (Å²) in [6.07, 6.45) is 5.91. The van der Waals surface area contributed by atoms with Crippen molar-refractivity contribution in [1.29, 1.82) is 0 Å². The minimum absolute atomic E-state index is 0.516. The van der Waals surface area contributed by atoms with Crippen LogP contribution in [0.1, 0.15) is 30.3 Å². The molecule has 0 spiro atoms. The number of rotatable bonds is 3. The average molecular weight is 223 g/mol. The molecule has 0 bridgehead atoms. The maximum absolute atomic E-state index is 5.86. The molecule has 2 fully saturated rings. The zero-order valence-corrected chi connectivity index (χ0v) is 9.62. The average Bonchev–Trinajstić information content (AvgIpc) is 2.83. The molecule has 15 heavy (non-hydrogen) atoms. The second kappa shape index (κ2) is 3.85. The van der Waals surface area contributed by atoms with E-state index in [0.717, 1.165) is 12.6 Å². The van der Waals surface area contributed by atoms with Gasteiger partial charge in [-0.05, 0) is 38.3 Å². The molecular formula is C11H17N3S. The van der Waals surface area contributed by atoms with E-state index in [2.05, 4.69) is 15.3 Å². The largest absolute Gasteiger partial charge is 0.330 e. The van der Waals surface area contributed by atoms with Crippen LogP contribution in [0.5, 0.6) is 0 Å². The van der Waals surface area contributed by atoms with E-state index in [1.807, 2.05) is 6.20 Å². The Morgan fingerprint density at radius 3 is 2.93 bits per heavy atom. The summed E-state index contributed by atoms with van der Waals surface area (Å²) in [6, 6.07) is 1.35. The molecule has 1 saturated carbocycles. The first kappa shape index (κ1) is 9.75. The topological polar surface area (TPSA) is 42.1 Å². The Morgan fingerprint density at radius 1 is 1.47 bits per heavy atom. The molecule has 2 atom stereocenters. The van der Waals surface area contributed by atoms with Gasteiger partial charge in [0.1, 0.15) is 5.01 Å². The van der Waals surface area contributed by atoms with Gasteiger partial charge in [0.05, 0.1) is 6.04 Å². The summed E-state index contributed by atoms with van der Waals surface area (Å²) >= 11 is 1.78. The van der Waals surface area contributed by atoms with E-state index < -0.39 is 0 Å². The van der Waals surface area contributed by atoms with E-state index in [1.165, 1.54) is 30.8 Å². The highest BCUT2D eigenvalue weighted by Crippen LogP contribution is 2.44. The van der Waals surface area contributed by atoms with Crippen LogP contribution in [0.4, 0.5) is 0 Å². The van der Waals surface area contributed by atoms with Gasteiger partial charge in [-0.25, -0.2) is 4.98 Å². The third-order valence-electron chi connectivity index (χ3n) is 3.58. The summed E-state index contributed by atoms with van der Waals surface area (Å²) in [5.41, 5.74) is 5.86. The molecule has 1 aromatic rings. The molecule has 3 nitrogen and oxygen atoms in total. The predicted molar refractivity (Wildman–Crippen MR) is 61.7 cm³/mol. The number of nitrogens with two attached hydrogens (primary N) is 1. The van der Waals surface area contributed by atoms with Crippen LogP contribution >= 0.6 is 11.3 Å². The summed E-state index contributed by atoms with van der Waals surface area (Å²) in [7, 11) is 0. The molecule has 4 heteroatoms. The second-order valence-corrected chi connectivity index (χ2v) is 5.49. The number of aromatic nitrogens is 1. The van der Waals surface area contributed by atoms with Gasteiger partial charge in [-0.2, -0.15) is 0 Å². The van der Waals surface area contributed by atoms with E-state index in [0.29, 0.717) is 12.0 Å². The van der Waals surface area contributed by atoms with Crippen molar-refractivity contribution in [3.8, 4) is 0 Å². The summed E-state index contributed by atoms with van der Waals surface area (Å²) in [5.74, 6) is 0.622. The van der Waals surface area contributed by atoms with Gasteiger partial charge >= 0.3 is 0 Å². The standard InChI is InChI=1S/C11H17N3S/c12-7-8-3-5-14(9-1-2-9)10(8)11-13-4-6-15-11/h4,6,8-10H,1-3,5,7,12H2. The Bertz CT molecular complexity index is 321. The Hall–Kier alpha value is -0.450. The number of likely N-dealkylation sites (tertiary alicyclic amines) is 1. The molecule has 1 aliphatic carbocycles. The molecule has 82 valence electrons. The van der Waals surface area contributed by atoms with Crippen molar-refractivity contribution in [3.63, 3.8) is 0 Å². The first-order chi connectivity index (χ1) is 7.40. The molecule has 2 unspecified atom stereocenters. The van der Waals surface area contributed by atoms with Gasteiger partial charge in [0.2, 0.25) is 0 Å². The van der Waals surface area contributed by atoms with Crippen molar-refractivity contribution in [3.05, 3.63) is 16.6 Å². The SMILES string of the molecule is NCC1CCN(C2CC2)C1c1nccs1. The zero-order valence-electron chi connectivity index (χ0n) is 8.80. The normalized spacial score (nSPS) is 32.3. The van der Waals surface area contributed by atoms with Crippen LogP contribution in [0, 0.1) is 5.92 Å². The smallest absolute Gasteiger partial charge is 0.110 e. The molecule has 2 heterocycles. The highest BCUT2D eigenvalue weighted by molar-refractivity contribution is 7.09. The quantitative estimate of drug-likeness (QED) is 0.847. The van der Waals surface area contributed by atoms with Crippen LogP contribution in [0.3, 0.4) is 0 Å². The van der Waals surface area contributed by atoms with Gasteiger partial charge in [-0.1, -0.05) is 0 Å². The van der Waals surface area contributed by atoms with Gasteiger partial charge in [-0.15, -0.1) is 11.3 Å². The Morgan fingerprint density at radius 2 is 2.33 bits per heavy atom. The number of nitrogens with zero attached hydrogens (tertiary/aromatic N) is 2. The fourth-order valence-electron chi connectivity index (χ4n) is 2.67. The number of hydrogen-bond donors (Lipinski definition) is 1. The molecule has 2 N–H and O–H groups in total.